The molecule has 1 aromatic heterocycles. The van der Waals surface area contributed by atoms with Gasteiger partial charge in [-0.2, -0.15) is 0 Å². The average Bonchev–Trinajstić information content (AvgIpc) is 2.66. The molecule has 0 spiro atoms. The molecule has 0 saturated heterocycles. The number of aliphatic imine (C=N–C) groups is 1. The summed E-state index contributed by atoms with van der Waals surface area (Å²) >= 11 is 5.80. The summed E-state index contributed by atoms with van der Waals surface area (Å²) in [5.41, 5.74) is 2.37. The molecule has 0 atom stereocenters. The maximum absolute atomic E-state index is 5.80. The predicted octanol–water partition coefficient (Wildman–Crippen LogP) is 3.80. The first-order valence-corrected chi connectivity index (χ1v) is 8.65. The topological polar surface area (TPSA) is 49.3 Å². The molecule has 3 aromatic rings. The summed E-state index contributed by atoms with van der Waals surface area (Å²) < 4.78 is 0. The molecule has 0 radical (unpaired) electrons. The van der Waals surface area contributed by atoms with Crippen LogP contribution < -0.4 is 10.6 Å². The van der Waals surface area contributed by atoms with Crippen LogP contribution in [-0.2, 0) is 13.0 Å². The van der Waals surface area contributed by atoms with Gasteiger partial charge < -0.3 is 10.6 Å². The van der Waals surface area contributed by atoms with E-state index >= 15 is 0 Å². The first-order chi connectivity index (χ1) is 12.2. The minimum Gasteiger partial charge on any atom is -0.356 e. The first kappa shape index (κ1) is 17.2. The monoisotopic (exact) mass is 352 g/mol. The van der Waals surface area contributed by atoms with Crippen LogP contribution in [0, 0.1) is 0 Å². The maximum atomic E-state index is 5.80. The van der Waals surface area contributed by atoms with Crippen molar-refractivity contribution in [2.75, 3.05) is 13.6 Å². The summed E-state index contributed by atoms with van der Waals surface area (Å²) in [6.45, 7) is 1.51. The Morgan fingerprint density at radius 1 is 1.00 bits per heavy atom. The normalized spacial score (nSPS) is 11.5. The van der Waals surface area contributed by atoms with Crippen molar-refractivity contribution < 1.29 is 0 Å². The second kappa shape index (κ2) is 8.49. The van der Waals surface area contributed by atoms with E-state index in [1.54, 1.807) is 13.2 Å². The third-order valence-corrected chi connectivity index (χ3v) is 4.22. The Labute approximate surface area is 153 Å². The fraction of sp³-hybridized carbons (Fsp3) is 0.200. The van der Waals surface area contributed by atoms with Crippen LogP contribution in [0.2, 0.25) is 5.15 Å². The van der Waals surface area contributed by atoms with Crippen LogP contribution in [0.5, 0.6) is 0 Å². The van der Waals surface area contributed by atoms with Crippen molar-refractivity contribution in [1.82, 2.24) is 15.6 Å². The van der Waals surface area contributed by atoms with E-state index in [1.165, 1.54) is 16.3 Å². The summed E-state index contributed by atoms with van der Waals surface area (Å²) in [7, 11) is 1.78. The minimum absolute atomic E-state index is 0.518. The van der Waals surface area contributed by atoms with Crippen molar-refractivity contribution in [3.8, 4) is 0 Å². The number of guanidine groups is 1. The van der Waals surface area contributed by atoms with Gasteiger partial charge in [-0.25, -0.2) is 4.98 Å². The van der Waals surface area contributed by atoms with Crippen LogP contribution in [0.15, 0.2) is 65.8 Å². The predicted molar refractivity (Wildman–Crippen MR) is 105 cm³/mol. The molecule has 0 bridgehead atoms. The van der Waals surface area contributed by atoms with Crippen LogP contribution in [-0.4, -0.2) is 24.5 Å². The van der Waals surface area contributed by atoms with Gasteiger partial charge in [0.05, 0.1) is 0 Å². The zero-order chi connectivity index (χ0) is 17.5. The van der Waals surface area contributed by atoms with Crippen molar-refractivity contribution in [2.45, 2.75) is 13.0 Å². The second-order valence-electron chi connectivity index (χ2n) is 5.77. The molecule has 0 aliphatic rings. The number of hydrogen-bond acceptors (Lipinski definition) is 2. The molecule has 2 N–H and O–H groups in total. The third-order valence-electron chi connectivity index (χ3n) is 3.99. The number of fused-ring (bicyclic) bond motifs is 1. The quantitative estimate of drug-likeness (QED) is 0.417. The molecular formula is C20H21ClN4. The Kier molecular flexibility index (Phi) is 5.86. The van der Waals surface area contributed by atoms with Gasteiger partial charge in [-0.3, -0.25) is 4.99 Å². The molecule has 0 unspecified atom stereocenters. The van der Waals surface area contributed by atoms with Crippen LogP contribution in [0.25, 0.3) is 10.8 Å². The standard InChI is InChI=1S/C20H21ClN4/c1-22-20(23-11-10-15-7-9-19(21)24-13-15)25-14-16-6-8-17-4-2-3-5-18(17)12-16/h2-9,12-13H,10-11,14H2,1H3,(H2,22,23,25). The minimum atomic E-state index is 0.518. The lowest BCUT2D eigenvalue weighted by atomic mass is 10.1. The highest BCUT2D eigenvalue weighted by Gasteiger charge is 2.01. The molecule has 0 amide bonds. The Morgan fingerprint density at radius 3 is 2.56 bits per heavy atom. The molecule has 0 aliphatic heterocycles. The van der Waals surface area contributed by atoms with Gasteiger partial charge in [0, 0.05) is 26.3 Å². The highest BCUT2D eigenvalue weighted by molar-refractivity contribution is 6.29. The molecule has 25 heavy (non-hydrogen) atoms. The van der Waals surface area contributed by atoms with Gasteiger partial charge in [0.2, 0.25) is 0 Å². The second-order valence-corrected chi connectivity index (χ2v) is 6.16. The Balaban J connectivity index is 1.50. The van der Waals surface area contributed by atoms with Gasteiger partial charge >= 0.3 is 0 Å². The lowest BCUT2D eigenvalue weighted by molar-refractivity contribution is 0.793. The molecule has 1 heterocycles. The van der Waals surface area contributed by atoms with E-state index in [1.807, 2.05) is 12.1 Å². The number of nitrogens with one attached hydrogen (secondary N) is 2. The number of halogens is 1. The maximum Gasteiger partial charge on any atom is 0.191 e. The average molecular weight is 353 g/mol. The van der Waals surface area contributed by atoms with E-state index in [4.69, 9.17) is 11.6 Å². The smallest absolute Gasteiger partial charge is 0.191 e. The first-order valence-electron chi connectivity index (χ1n) is 8.27. The number of hydrogen-bond donors (Lipinski definition) is 2. The van der Waals surface area contributed by atoms with Gasteiger partial charge in [-0.15, -0.1) is 0 Å². The molecule has 0 aliphatic carbocycles. The molecular weight excluding hydrogens is 332 g/mol. The summed E-state index contributed by atoms with van der Waals surface area (Å²) in [6, 6.07) is 18.7. The van der Waals surface area contributed by atoms with E-state index in [9.17, 15) is 0 Å². The van der Waals surface area contributed by atoms with Gasteiger partial charge in [0.1, 0.15) is 5.15 Å². The molecule has 4 nitrogen and oxygen atoms in total. The van der Waals surface area contributed by atoms with Crippen molar-refractivity contribution in [2.24, 2.45) is 4.99 Å². The van der Waals surface area contributed by atoms with Crippen LogP contribution in [0.1, 0.15) is 11.1 Å². The lowest BCUT2D eigenvalue weighted by Crippen LogP contribution is -2.37. The Hall–Kier alpha value is -2.59. The summed E-state index contributed by atoms with van der Waals surface area (Å²) in [5.74, 6) is 0.787. The van der Waals surface area contributed by atoms with Gasteiger partial charge in [-0.1, -0.05) is 54.1 Å². The van der Waals surface area contributed by atoms with E-state index in [-0.39, 0.29) is 0 Å². The number of pyridine rings is 1. The van der Waals surface area contributed by atoms with Crippen LogP contribution >= 0.6 is 11.6 Å². The van der Waals surface area contributed by atoms with Crippen LogP contribution in [0.4, 0.5) is 0 Å². The summed E-state index contributed by atoms with van der Waals surface area (Å²) in [5, 5.41) is 9.69. The van der Waals surface area contributed by atoms with Crippen molar-refractivity contribution in [3.05, 3.63) is 77.1 Å². The molecule has 3 rings (SSSR count). The zero-order valence-corrected chi connectivity index (χ0v) is 14.9. The van der Waals surface area contributed by atoms with Gasteiger partial charge in [0.25, 0.3) is 0 Å². The van der Waals surface area contributed by atoms with E-state index < -0.39 is 0 Å². The zero-order valence-electron chi connectivity index (χ0n) is 14.2. The van der Waals surface area contributed by atoms with Crippen LogP contribution in [0.3, 0.4) is 0 Å². The van der Waals surface area contributed by atoms with Gasteiger partial charge in [0.15, 0.2) is 5.96 Å². The van der Waals surface area contributed by atoms with E-state index in [0.717, 1.165) is 31.0 Å². The summed E-state index contributed by atoms with van der Waals surface area (Å²) in [4.78, 5) is 8.36. The Morgan fingerprint density at radius 2 is 1.80 bits per heavy atom. The number of aromatic nitrogens is 1. The molecule has 128 valence electrons. The molecule has 5 heteroatoms. The highest BCUT2D eigenvalue weighted by Crippen LogP contribution is 2.15. The van der Waals surface area contributed by atoms with Crippen molar-refractivity contribution in [3.63, 3.8) is 0 Å². The molecule has 0 fully saturated rings. The third kappa shape index (κ3) is 4.94. The van der Waals surface area contributed by atoms with E-state index in [2.05, 4.69) is 63.1 Å². The largest absolute Gasteiger partial charge is 0.356 e. The number of nitrogens with zero attached hydrogens (tertiary/aromatic N) is 2. The fourth-order valence-electron chi connectivity index (χ4n) is 2.63. The summed E-state index contributed by atoms with van der Waals surface area (Å²) in [6.07, 6.45) is 2.66. The lowest BCUT2D eigenvalue weighted by Gasteiger charge is -2.12. The van der Waals surface area contributed by atoms with E-state index in [0.29, 0.717) is 5.15 Å². The Bertz CT molecular complexity index is 859. The highest BCUT2D eigenvalue weighted by atomic mass is 35.5. The number of rotatable bonds is 5. The molecule has 2 aromatic carbocycles. The fourth-order valence-corrected chi connectivity index (χ4v) is 2.75. The van der Waals surface area contributed by atoms with Gasteiger partial charge in [-0.05, 0) is 40.5 Å². The van der Waals surface area contributed by atoms with Crippen molar-refractivity contribution >= 4 is 28.3 Å². The van der Waals surface area contributed by atoms with Crippen molar-refractivity contribution in [1.29, 1.82) is 0 Å². The molecule has 0 saturated carbocycles. The number of benzene rings is 2. The SMILES string of the molecule is CN=C(NCCc1ccc(Cl)nc1)NCc1ccc2ccccc2c1.